The van der Waals surface area contributed by atoms with Crippen LogP contribution >= 0.6 is 0 Å². The summed E-state index contributed by atoms with van der Waals surface area (Å²) in [6.45, 7) is -0.793. The fraction of sp³-hybridized carbons (Fsp3) is 0.263. The Labute approximate surface area is 243 Å². The minimum atomic E-state index is -5.19. The van der Waals surface area contributed by atoms with E-state index < -0.39 is 108 Å². The standard InChI is InChI=1S/C19H19NO19S4/c21-18(6-1-10-7-11(36-40(24,25)26)2-3-15(10)37-41(27,28)29)20-9-13-12(8-14(20)19(22)23)16(38-42(30,31)32)4-5-17(13)39-43(33,34)35/h2-5,7,14H,1,6,8-9H2,(H,22,23)(H,24,25,26)(H,27,28,29)(H,30,31,32)(H,33,34,35). The van der Waals surface area contributed by atoms with Gasteiger partial charge in [0.25, 0.3) is 0 Å². The predicted octanol–water partition coefficient (Wildman–Crippen LogP) is -0.616. The third kappa shape index (κ3) is 9.89. The topological polar surface area (TPSA) is 312 Å². The van der Waals surface area contributed by atoms with Gasteiger partial charge in [-0.3, -0.25) is 23.0 Å². The van der Waals surface area contributed by atoms with Crippen LogP contribution in [0.1, 0.15) is 23.1 Å². The van der Waals surface area contributed by atoms with E-state index in [0.717, 1.165) is 30.3 Å². The van der Waals surface area contributed by atoms with Crippen LogP contribution in [-0.2, 0) is 70.6 Å². The zero-order valence-corrected chi connectivity index (χ0v) is 24.1. The van der Waals surface area contributed by atoms with E-state index in [-0.39, 0.29) is 16.7 Å². The van der Waals surface area contributed by atoms with E-state index in [1.54, 1.807) is 0 Å². The second-order valence-electron chi connectivity index (χ2n) is 8.41. The molecule has 24 heteroatoms. The lowest BCUT2D eigenvalue weighted by molar-refractivity contribution is -0.151. The van der Waals surface area contributed by atoms with Crippen LogP contribution in [0.15, 0.2) is 30.3 Å². The SMILES string of the molecule is O=C(O)C1Cc2c(OS(=O)(=O)O)ccc(OS(=O)(=O)O)c2CN1C(=O)CCc1cc(OS(=O)(=O)O)ccc1OS(=O)(=O)O. The minimum Gasteiger partial charge on any atom is -0.480 e. The first kappa shape index (κ1) is 33.7. The van der Waals surface area contributed by atoms with Crippen molar-refractivity contribution in [2.45, 2.75) is 31.8 Å². The zero-order chi connectivity index (χ0) is 32.5. The number of aryl methyl sites for hydroxylation is 1. The first-order valence-corrected chi connectivity index (χ1v) is 16.4. The Hall–Kier alpha value is -3.78. The zero-order valence-electron chi connectivity index (χ0n) is 20.8. The summed E-state index contributed by atoms with van der Waals surface area (Å²) in [4.78, 5) is 26.0. The lowest BCUT2D eigenvalue weighted by atomic mass is 9.91. The Morgan fingerprint density at radius 2 is 1.19 bits per heavy atom. The molecule has 0 aromatic heterocycles. The van der Waals surface area contributed by atoms with Gasteiger partial charge in [-0.25, -0.2) is 4.79 Å². The van der Waals surface area contributed by atoms with Crippen LogP contribution in [-0.4, -0.2) is 79.8 Å². The van der Waals surface area contributed by atoms with E-state index in [0.29, 0.717) is 4.90 Å². The van der Waals surface area contributed by atoms with Crippen LogP contribution < -0.4 is 16.7 Å². The summed E-state index contributed by atoms with van der Waals surface area (Å²) in [6.07, 6.45) is -1.97. The summed E-state index contributed by atoms with van der Waals surface area (Å²) in [5.41, 5.74) is -0.964. The van der Waals surface area contributed by atoms with Gasteiger partial charge in [0.05, 0.1) is 6.54 Å². The van der Waals surface area contributed by atoms with Crippen molar-refractivity contribution in [2.75, 3.05) is 0 Å². The molecule has 0 spiro atoms. The molecule has 1 aliphatic rings. The van der Waals surface area contributed by atoms with Crippen LogP contribution in [0.25, 0.3) is 0 Å². The number of hydrogen-bond acceptors (Lipinski definition) is 14. The second-order valence-corrected chi connectivity index (χ2v) is 12.5. The largest absolute Gasteiger partial charge is 0.480 e. The molecule has 1 atom stereocenters. The van der Waals surface area contributed by atoms with Crippen LogP contribution in [0.2, 0.25) is 0 Å². The van der Waals surface area contributed by atoms with Crippen molar-refractivity contribution >= 4 is 53.5 Å². The van der Waals surface area contributed by atoms with Crippen LogP contribution in [0.3, 0.4) is 0 Å². The smallest absolute Gasteiger partial charge is 0.446 e. The van der Waals surface area contributed by atoms with Crippen molar-refractivity contribution in [3.63, 3.8) is 0 Å². The van der Waals surface area contributed by atoms with E-state index in [1.807, 2.05) is 0 Å². The molecular formula is C19H19NO19S4. The van der Waals surface area contributed by atoms with Gasteiger partial charge in [0, 0.05) is 29.5 Å². The van der Waals surface area contributed by atoms with Crippen LogP contribution in [0.4, 0.5) is 0 Å². The van der Waals surface area contributed by atoms with Crippen molar-refractivity contribution < 1.29 is 83.3 Å². The number of nitrogens with zero attached hydrogens (tertiary/aromatic N) is 1. The molecule has 2 aromatic rings. The van der Waals surface area contributed by atoms with Gasteiger partial charge in [-0.2, -0.15) is 33.7 Å². The number of carboxylic acids is 1. The number of amides is 1. The molecule has 0 saturated carbocycles. The fourth-order valence-electron chi connectivity index (χ4n) is 4.00. The molecule has 0 saturated heterocycles. The lowest BCUT2D eigenvalue weighted by Gasteiger charge is -2.35. The molecule has 1 unspecified atom stereocenters. The third-order valence-corrected chi connectivity index (χ3v) is 7.05. The van der Waals surface area contributed by atoms with Crippen LogP contribution in [0, 0.1) is 0 Å². The Morgan fingerprint density at radius 1 is 0.721 bits per heavy atom. The van der Waals surface area contributed by atoms with E-state index >= 15 is 0 Å². The molecule has 1 heterocycles. The Balaban J connectivity index is 2.01. The molecule has 43 heavy (non-hydrogen) atoms. The lowest BCUT2D eigenvalue weighted by Crippen LogP contribution is -2.49. The summed E-state index contributed by atoms with van der Waals surface area (Å²) in [7, 11) is -20.6. The summed E-state index contributed by atoms with van der Waals surface area (Å²) in [5.74, 6) is -5.18. The molecule has 1 amide bonds. The number of rotatable bonds is 12. The molecule has 1 aliphatic heterocycles. The molecular weight excluding hydrogens is 674 g/mol. The normalized spacial score (nSPS) is 15.7. The number of hydrogen-bond donors (Lipinski definition) is 5. The highest BCUT2D eigenvalue weighted by Gasteiger charge is 2.38. The molecule has 3 rings (SSSR count). The highest BCUT2D eigenvalue weighted by Crippen LogP contribution is 2.38. The molecule has 0 aliphatic carbocycles. The fourth-order valence-corrected chi connectivity index (χ4v) is 5.50. The van der Waals surface area contributed by atoms with Crippen molar-refractivity contribution in [1.29, 1.82) is 0 Å². The predicted molar refractivity (Wildman–Crippen MR) is 136 cm³/mol. The number of aliphatic carboxylic acids is 1. The van der Waals surface area contributed by atoms with E-state index in [1.165, 1.54) is 0 Å². The van der Waals surface area contributed by atoms with Gasteiger partial charge in [-0.05, 0) is 36.8 Å². The van der Waals surface area contributed by atoms with Gasteiger partial charge in [-0.1, -0.05) is 0 Å². The Kier molecular flexibility index (Phi) is 9.47. The minimum absolute atomic E-state index is 0.296. The first-order chi connectivity index (χ1) is 19.5. The van der Waals surface area contributed by atoms with Crippen molar-refractivity contribution in [2.24, 2.45) is 0 Å². The van der Waals surface area contributed by atoms with Gasteiger partial charge in [0.2, 0.25) is 5.91 Å². The van der Waals surface area contributed by atoms with Gasteiger partial charge < -0.3 is 26.7 Å². The Bertz CT molecular complexity index is 1880. The van der Waals surface area contributed by atoms with Crippen LogP contribution in [0.5, 0.6) is 23.0 Å². The number of carbonyl (C=O) groups is 2. The number of benzene rings is 2. The summed E-state index contributed by atoms with van der Waals surface area (Å²) < 4.78 is 143. The highest BCUT2D eigenvalue weighted by molar-refractivity contribution is 7.82. The monoisotopic (exact) mass is 693 g/mol. The van der Waals surface area contributed by atoms with Crippen molar-refractivity contribution in [3.05, 3.63) is 47.0 Å². The quantitative estimate of drug-likeness (QED) is 0.173. The number of fused-ring (bicyclic) bond motifs is 1. The van der Waals surface area contributed by atoms with E-state index in [9.17, 15) is 48.4 Å². The molecule has 0 radical (unpaired) electrons. The average Bonchev–Trinajstić information content (AvgIpc) is 2.81. The number of carbonyl (C=O) groups excluding carboxylic acids is 1. The third-order valence-electron chi connectivity index (χ3n) is 5.48. The number of carboxylic acid groups (broad SMARTS) is 1. The van der Waals surface area contributed by atoms with Crippen molar-refractivity contribution in [3.8, 4) is 23.0 Å². The molecule has 5 N–H and O–H groups in total. The maximum Gasteiger partial charge on any atom is 0.446 e. The summed E-state index contributed by atoms with van der Waals surface area (Å²) in [5, 5.41) is 9.78. The second kappa shape index (κ2) is 12.1. The highest BCUT2D eigenvalue weighted by atomic mass is 32.3. The molecule has 238 valence electrons. The van der Waals surface area contributed by atoms with Crippen molar-refractivity contribution in [1.82, 2.24) is 4.90 Å². The molecule has 0 fully saturated rings. The van der Waals surface area contributed by atoms with Gasteiger partial charge in [0.1, 0.15) is 23.3 Å². The van der Waals surface area contributed by atoms with Gasteiger partial charge in [0.15, 0.2) is 5.75 Å². The first-order valence-electron chi connectivity index (χ1n) is 11.0. The van der Waals surface area contributed by atoms with Gasteiger partial charge >= 0.3 is 47.6 Å². The summed E-state index contributed by atoms with van der Waals surface area (Å²) >= 11 is 0. The Morgan fingerprint density at radius 3 is 1.67 bits per heavy atom. The van der Waals surface area contributed by atoms with E-state index in [4.69, 9.17) is 18.2 Å². The maximum absolute atomic E-state index is 13.2. The molecule has 20 nitrogen and oxygen atoms in total. The molecule has 0 bridgehead atoms. The van der Waals surface area contributed by atoms with Gasteiger partial charge in [-0.15, -0.1) is 0 Å². The molecule has 2 aromatic carbocycles. The average molecular weight is 694 g/mol. The summed E-state index contributed by atoms with van der Waals surface area (Å²) in [6, 6.07) is 2.26. The van der Waals surface area contributed by atoms with E-state index in [2.05, 4.69) is 16.7 Å². The maximum atomic E-state index is 13.2.